The van der Waals surface area contributed by atoms with Crippen molar-refractivity contribution in [1.29, 1.82) is 0 Å². The van der Waals surface area contributed by atoms with Crippen LogP contribution >= 0.6 is 11.3 Å². The third kappa shape index (κ3) is 6.24. The molecule has 2 aromatic carbocycles. The van der Waals surface area contributed by atoms with Gasteiger partial charge in [0.05, 0.1) is 58.4 Å². The van der Waals surface area contributed by atoms with Gasteiger partial charge in [0.25, 0.3) is 0 Å². The molecular formula is C35H29F2N3O5S. The molecule has 1 unspecified atom stereocenters. The molecule has 234 valence electrons. The number of carbonyl (C=O) groups is 1. The van der Waals surface area contributed by atoms with Gasteiger partial charge in [-0.1, -0.05) is 17.9 Å². The average molecular weight is 642 g/mol. The highest BCUT2D eigenvalue weighted by atomic mass is 32.1. The van der Waals surface area contributed by atoms with E-state index in [0.717, 1.165) is 28.3 Å². The van der Waals surface area contributed by atoms with Crippen LogP contribution in [-0.2, 0) is 29.0 Å². The lowest BCUT2D eigenvalue weighted by Crippen LogP contribution is -2.38. The number of ether oxygens (including phenoxy) is 3. The van der Waals surface area contributed by atoms with E-state index in [1.165, 1.54) is 17.4 Å². The van der Waals surface area contributed by atoms with Crippen LogP contribution in [0.3, 0.4) is 0 Å². The summed E-state index contributed by atoms with van der Waals surface area (Å²) in [5.41, 5.74) is 1.58. The van der Waals surface area contributed by atoms with Gasteiger partial charge in [-0.2, -0.15) is 0 Å². The van der Waals surface area contributed by atoms with E-state index in [2.05, 4.69) is 28.7 Å². The van der Waals surface area contributed by atoms with Crippen molar-refractivity contribution < 1.29 is 32.9 Å². The molecule has 5 aromatic rings. The Kier molecular flexibility index (Phi) is 8.02. The average Bonchev–Trinajstić information content (AvgIpc) is 3.61. The Morgan fingerprint density at radius 1 is 1.13 bits per heavy atom. The highest BCUT2D eigenvalue weighted by molar-refractivity contribution is 7.12. The normalized spacial score (nSPS) is 16.7. The van der Waals surface area contributed by atoms with Crippen LogP contribution in [0, 0.1) is 28.9 Å². The van der Waals surface area contributed by atoms with Crippen LogP contribution in [0.4, 0.5) is 8.78 Å². The lowest BCUT2D eigenvalue weighted by Gasteiger charge is -2.32. The second-order valence-corrected chi connectivity index (χ2v) is 12.9. The predicted octanol–water partition coefficient (Wildman–Crippen LogP) is 6.48. The van der Waals surface area contributed by atoms with Gasteiger partial charge in [-0.05, 0) is 67.4 Å². The maximum absolute atomic E-state index is 15.6. The van der Waals surface area contributed by atoms with Crippen molar-refractivity contribution in [2.24, 2.45) is 5.41 Å². The highest BCUT2D eigenvalue weighted by Crippen LogP contribution is 2.30. The summed E-state index contributed by atoms with van der Waals surface area (Å²) in [7, 11) is 0. The highest BCUT2D eigenvalue weighted by Gasteiger charge is 2.31. The van der Waals surface area contributed by atoms with E-state index in [9.17, 15) is 9.90 Å². The zero-order chi connectivity index (χ0) is 31.8. The van der Waals surface area contributed by atoms with E-state index in [4.69, 9.17) is 14.2 Å². The van der Waals surface area contributed by atoms with Crippen molar-refractivity contribution in [3.8, 4) is 29.0 Å². The molecule has 2 aliphatic rings. The largest absolute Gasteiger partial charge is 0.478 e. The molecule has 3 aromatic heterocycles. The number of aromatic nitrogens is 3. The molecule has 0 saturated carbocycles. The van der Waals surface area contributed by atoms with Gasteiger partial charge in [-0.15, -0.1) is 11.3 Å². The van der Waals surface area contributed by atoms with E-state index < -0.39 is 17.6 Å². The van der Waals surface area contributed by atoms with Crippen molar-refractivity contribution in [3.05, 3.63) is 99.0 Å². The standard InChI is InChI=1S/C35H29F2N3O5S/c1-35(19-43-20-35)11-9-24-6-7-25(46-24)18-45-33-4-2-3-29(39-33)26-16-27(36)22(13-28(26)37)15-32-38-30-8-5-21(34(41)42)14-31(30)40(32)17-23-10-12-44-23/h2-8,13-14,16,23H,10,12,15,17-20H2,1H3,(H,41,42). The summed E-state index contributed by atoms with van der Waals surface area (Å²) in [6.07, 6.45) is 0.800. The van der Waals surface area contributed by atoms with Gasteiger partial charge in [-0.3, -0.25) is 0 Å². The number of carboxylic acids is 1. The molecule has 2 fully saturated rings. The van der Waals surface area contributed by atoms with Gasteiger partial charge in [-0.25, -0.2) is 23.5 Å². The molecule has 11 heteroatoms. The maximum atomic E-state index is 15.6. The molecule has 8 nitrogen and oxygen atoms in total. The third-order valence-corrected chi connectivity index (χ3v) is 9.06. The van der Waals surface area contributed by atoms with Gasteiger partial charge in [0.15, 0.2) is 0 Å². The molecule has 0 spiro atoms. The minimum Gasteiger partial charge on any atom is -0.478 e. The SMILES string of the molecule is CC1(C#Cc2ccc(COc3cccc(-c4cc(F)c(Cc5nc6ccc(C(=O)O)cc6n5CC5CCO5)cc4F)n3)s2)COC1. The van der Waals surface area contributed by atoms with Crippen molar-refractivity contribution in [2.45, 2.75) is 39.0 Å². The Balaban J connectivity index is 1.09. The lowest BCUT2D eigenvalue weighted by atomic mass is 9.90. The third-order valence-electron chi connectivity index (χ3n) is 8.09. The number of aromatic carboxylic acids is 1. The number of nitrogens with zero attached hydrogens (tertiary/aromatic N) is 3. The molecule has 5 heterocycles. The summed E-state index contributed by atoms with van der Waals surface area (Å²) in [5.74, 6) is 4.95. The van der Waals surface area contributed by atoms with Crippen LogP contribution < -0.4 is 4.74 Å². The Morgan fingerprint density at radius 2 is 1.98 bits per heavy atom. The summed E-state index contributed by atoms with van der Waals surface area (Å²) < 4.78 is 49.7. The first-order chi connectivity index (χ1) is 22.2. The number of rotatable bonds is 9. The Morgan fingerprint density at radius 3 is 2.72 bits per heavy atom. The number of benzene rings is 2. The van der Waals surface area contributed by atoms with Crippen LogP contribution in [0.1, 0.15) is 44.8 Å². The van der Waals surface area contributed by atoms with Gasteiger partial charge in [0.1, 0.15) is 24.1 Å². The summed E-state index contributed by atoms with van der Waals surface area (Å²) in [5, 5.41) is 9.49. The van der Waals surface area contributed by atoms with E-state index >= 15 is 8.78 Å². The number of carboxylic acid groups (broad SMARTS) is 1. The summed E-state index contributed by atoms with van der Waals surface area (Å²) in [4.78, 5) is 22.6. The number of halogens is 2. The first-order valence-corrected chi connectivity index (χ1v) is 15.7. The molecule has 46 heavy (non-hydrogen) atoms. The first kappa shape index (κ1) is 30.0. The van der Waals surface area contributed by atoms with E-state index in [1.807, 2.05) is 16.7 Å². The van der Waals surface area contributed by atoms with Gasteiger partial charge in [0, 0.05) is 29.5 Å². The summed E-state index contributed by atoms with van der Waals surface area (Å²) in [6.45, 7) is 4.71. The lowest BCUT2D eigenvalue weighted by molar-refractivity contribution is -0.0648. The van der Waals surface area contributed by atoms with Crippen molar-refractivity contribution in [3.63, 3.8) is 0 Å². The quantitative estimate of drug-likeness (QED) is 0.184. The molecular weight excluding hydrogens is 612 g/mol. The molecule has 2 saturated heterocycles. The number of fused-ring (bicyclic) bond motifs is 1. The van der Waals surface area contributed by atoms with Crippen LogP contribution in [0.5, 0.6) is 5.88 Å². The van der Waals surface area contributed by atoms with E-state index in [-0.39, 0.29) is 52.8 Å². The van der Waals surface area contributed by atoms with Crippen LogP contribution in [-0.4, -0.2) is 51.5 Å². The summed E-state index contributed by atoms with van der Waals surface area (Å²) in [6, 6.07) is 15.8. The van der Waals surface area contributed by atoms with Crippen LogP contribution in [0.15, 0.2) is 60.7 Å². The maximum Gasteiger partial charge on any atom is 0.335 e. The molecule has 1 atom stereocenters. The van der Waals surface area contributed by atoms with Crippen molar-refractivity contribution in [2.75, 3.05) is 19.8 Å². The zero-order valence-corrected chi connectivity index (χ0v) is 25.7. The molecule has 0 amide bonds. The van der Waals surface area contributed by atoms with E-state index in [0.29, 0.717) is 43.2 Å². The minimum atomic E-state index is -1.06. The smallest absolute Gasteiger partial charge is 0.335 e. The van der Waals surface area contributed by atoms with Crippen LogP contribution in [0.2, 0.25) is 0 Å². The minimum absolute atomic E-state index is 0.00359. The molecule has 0 radical (unpaired) electrons. The summed E-state index contributed by atoms with van der Waals surface area (Å²) >= 11 is 1.53. The van der Waals surface area contributed by atoms with E-state index in [1.54, 1.807) is 30.3 Å². The second-order valence-electron chi connectivity index (χ2n) is 11.7. The molecule has 0 bridgehead atoms. The van der Waals surface area contributed by atoms with Gasteiger partial charge >= 0.3 is 5.97 Å². The number of hydrogen-bond donors (Lipinski definition) is 1. The Bertz CT molecular complexity index is 2020. The van der Waals surface area contributed by atoms with Gasteiger partial charge in [0.2, 0.25) is 5.88 Å². The predicted molar refractivity (Wildman–Crippen MR) is 168 cm³/mol. The first-order valence-electron chi connectivity index (χ1n) is 14.8. The molecule has 1 N–H and O–H groups in total. The van der Waals surface area contributed by atoms with Crippen molar-refractivity contribution >= 4 is 28.3 Å². The number of thiophene rings is 1. The fourth-order valence-electron chi connectivity index (χ4n) is 5.37. The van der Waals surface area contributed by atoms with Crippen LogP contribution in [0.25, 0.3) is 22.3 Å². The fraction of sp³-hybridized carbons (Fsp3) is 0.286. The fourth-order valence-corrected chi connectivity index (χ4v) is 6.15. The Hall–Kier alpha value is -4.63. The molecule has 0 aliphatic carbocycles. The second kappa shape index (κ2) is 12.3. The van der Waals surface area contributed by atoms with Gasteiger partial charge < -0.3 is 23.9 Å². The monoisotopic (exact) mass is 641 g/mol. The number of imidazole rings is 1. The Labute approximate surface area is 267 Å². The number of hydrogen-bond acceptors (Lipinski definition) is 7. The number of pyridine rings is 1. The zero-order valence-electron chi connectivity index (χ0n) is 24.9. The molecule has 7 rings (SSSR count). The molecule has 2 aliphatic heterocycles. The topological polar surface area (TPSA) is 95.7 Å². The van der Waals surface area contributed by atoms with Crippen molar-refractivity contribution in [1.82, 2.24) is 14.5 Å².